The molecule has 2 N–H and O–H groups in total. The third-order valence-electron chi connectivity index (χ3n) is 3.31. The Morgan fingerprint density at radius 1 is 1.20 bits per heavy atom. The van der Waals surface area contributed by atoms with E-state index in [-0.39, 0.29) is 28.6 Å². The number of hydrogen-bond donors (Lipinski definition) is 2. The minimum absolute atomic E-state index is 0.0178. The number of carbonyl (C=O) groups is 2. The van der Waals surface area contributed by atoms with Crippen LogP contribution in [0.4, 0.5) is 11.4 Å². The van der Waals surface area contributed by atoms with Crippen LogP contribution in [0.5, 0.6) is 0 Å². The highest BCUT2D eigenvalue weighted by Gasteiger charge is 2.24. The molecule has 0 unspecified atom stereocenters. The molecule has 0 bridgehead atoms. The van der Waals surface area contributed by atoms with Gasteiger partial charge in [0.2, 0.25) is 5.91 Å². The van der Waals surface area contributed by atoms with Crippen LogP contribution < -0.4 is 9.62 Å². The van der Waals surface area contributed by atoms with Gasteiger partial charge >= 0.3 is 5.97 Å². The van der Waals surface area contributed by atoms with Crippen LogP contribution in [0.1, 0.15) is 24.2 Å². The normalized spacial score (nSPS) is 11.0. The molecule has 2 rings (SSSR count). The molecular formula is C16H17N3O5S. The first kappa shape index (κ1) is 18.4. The van der Waals surface area contributed by atoms with Crippen LogP contribution in [0.2, 0.25) is 0 Å². The summed E-state index contributed by atoms with van der Waals surface area (Å²) in [6, 6.07) is 6.96. The molecule has 132 valence electrons. The van der Waals surface area contributed by atoms with E-state index in [0.29, 0.717) is 5.69 Å². The third-order valence-corrected chi connectivity index (χ3v) is 5.23. The maximum atomic E-state index is 12.8. The van der Waals surface area contributed by atoms with E-state index in [2.05, 4.69) is 10.3 Å². The fourth-order valence-corrected chi connectivity index (χ4v) is 3.66. The quantitative estimate of drug-likeness (QED) is 0.810. The van der Waals surface area contributed by atoms with Crippen molar-refractivity contribution in [3.05, 3.63) is 48.3 Å². The van der Waals surface area contributed by atoms with Crippen LogP contribution in [0, 0.1) is 0 Å². The second kappa shape index (κ2) is 7.31. The number of carboxylic acids is 1. The Bertz CT molecular complexity index is 894. The van der Waals surface area contributed by atoms with Crippen molar-refractivity contribution in [2.24, 2.45) is 0 Å². The smallest absolute Gasteiger partial charge is 0.337 e. The van der Waals surface area contributed by atoms with E-state index < -0.39 is 16.0 Å². The van der Waals surface area contributed by atoms with Gasteiger partial charge in [0, 0.05) is 25.4 Å². The molecule has 0 aliphatic carbocycles. The number of pyridine rings is 1. The second-order valence-corrected chi connectivity index (χ2v) is 6.97. The first-order valence-electron chi connectivity index (χ1n) is 7.34. The fourth-order valence-electron chi connectivity index (χ4n) is 2.21. The van der Waals surface area contributed by atoms with E-state index in [4.69, 9.17) is 5.11 Å². The van der Waals surface area contributed by atoms with Crippen LogP contribution in [-0.2, 0) is 14.8 Å². The standard InChI is InChI=1S/C16H17N3O5S/c1-3-19(14-8-12(16(21)22)9-17-10-14)25(23,24)15-6-4-13(5-7-15)18-11(2)20/h4-10H,3H2,1-2H3,(H,18,20)(H,21,22). The van der Waals surface area contributed by atoms with Crippen LogP contribution in [-0.4, -0.2) is 36.9 Å². The summed E-state index contributed by atoms with van der Waals surface area (Å²) in [6.07, 6.45) is 2.44. The monoisotopic (exact) mass is 363 g/mol. The number of amides is 1. The average molecular weight is 363 g/mol. The van der Waals surface area contributed by atoms with E-state index in [1.54, 1.807) is 6.92 Å². The molecule has 0 radical (unpaired) electrons. The molecule has 0 fully saturated rings. The molecule has 9 heteroatoms. The van der Waals surface area contributed by atoms with Crippen molar-refractivity contribution in [3.63, 3.8) is 0 Å². The summed E-state index contributed by atoms with van der Waals surface area (Å²) in [7, 11) is -3.90. The van der Waals surface area contributed by atoms with Gasteiger partial charge in [-0.3, -0.25) is 14.1 Å². The Morgan fingerprint density at radius 3 is 2.36 bits per heavy atom. The van der Waals surface area contributed by atoms with Gasteiger partial charge in [-0.2, -0.15) is 0 Å². The summed E-state index contributed by atoms with van der Waals surface area (Å²) in [5.74, 6) is -1.45. The first-order chi connectivity index (χ1) is 11.8. The number of anilines is 2. The number of carbonyl (C=O) groups excluding carboxylic acids is 1. The van der Waals surface area contributed by atoms with Gasteiger partial charge in [-0.15, -0.1) is 0 Å². The number of aromatic carboxylic acids is 1. The molecule has 0 atom stereocenters. The highest BCUT2D eigenvalue weighted by atomic mass is 32.2. The summed E-state index contributed by atoms with van der Waals surface area (Å²) in [5, 5.41) is 11.6. The maximum Gasteiger partial charge on any atom is 0.337 e. The van der Waals surface area contributed by atoms with E-state index in [1.807, 2.05) is 0 Å². The number of hydrogen-bond acceptors (Lipinski definition) is 5. The van der Waals surface area contributed by atoms with Gasteiger partial charge in [0.15, 0.2) is 0 Å². The van der Waals surface area contributed by atoms with E-state index >= 15 is 0 Å². The van der Waals surface area contributed by atoms with E-state index in [0.717, 1.165) is 10.5 Å². The van der Waals surface area contributed by atoms with Crippen LogP contribution >= 0.6 is 0 Å². The average Bonchev–Trinajstić information content (AvgIpc) is 2.55. The SMILES string of the molecule is CCN(c1cncc(C(=O)O)c1)S(=O)(=O)c1ccc(NC(C)=O)cc1. The van der Waals surface area contributed by atoms with Crippen molar-refractivity contribution in [2.45, 2.75) is 18.7 Å². The Hall–Kier alpha value is -2.94. The number of carboxylic acid groups (broad SMARTS) is 1. The number of sulfonamides is 1. The van der Waals surface area contributed by atoms with Gasteiger partial charge in [-0.25, -0.2) is 13.2 Å². The Balaban J connectivity index is 2.40. The molecule has 1 amide bonds. The number of nitrogens with one attached hydrogen (secondary N) is 1. The van der Waals surface area contributed by atoms with Gasteiger partial charge in [0.25, 0.3) is 10.0 Å². The van der Waals surface area contributed by atoms with Crippen molar-refractivity contribution < 1.29 is 23.1 Å². The molecule has 25 heavy (non-hydrogen) atoms. The van der Waals surface area contributed by atoms with Crippen LogP contribution in [0.25, 0.3) is 0 Å². The van der Waals surface area contributed by atoms with Crippen molar-refractivity contribution in [2.75, 3.05) is 16.2 Å². The Kier molecular flexibility index (Phi) is 5.38. The number of benzene rings is 1. The fraction of sp³-hybridized carbons (Fsp3) is 0.188. The lowest BCUT2D eigenvalue weighted by Gasteiger charge is -2.23. The predicted octanol–water partition coefficient (Wildman–Crippen LogP) is 1.95. The first-order valence-corrected chi connectivity index (χ1v) is 8.78. The molecule has 0 saturated carbocycles. The molecule has 1 heterocycles. The molecule has 2 aromatic rings. The zero-order chi connectivity index (χ0) is 18.6. The minimum Gasteiger partial charge on any atom is -0.478 e. The van der Waals surface area contributed by atoms with Crippen LogP contribution in [0.15, 0.2) is 47.6 Å². The zero-order valence-corrected chi connectivity index (χ0v) is 14.4. The third kappa shape index (κ3) is 4.13. The topological polar surface area (TPSA) is 117 Å². The molecule has 0 aliphatic rings. The van der Waals surface area contributed by atoms with Crippen molar-refractivity contribution in [1.82, 2.24) is 4.98 Å². The maximum absolute atomic E-state index is 12.8. The summed E-state index contributed by atoms with van der Waals surface area (Å²) >= 11 is 0. The zero-order valence-electron chi connectivity index (χ0n) is 13.6. The lowest BCUT2D eigenvalue weighted by Crippen LogP contribution is -2.31. The Morgan fingerprint density at radius 2 is 1.84 bits per heavy atom. The van der Waals surface area contributed by atoms with Crippen molar-refractivity contribution >= 4 is 33.3 Å². The van der Waals surface area contributed by atoms with E-state index in [1.165, 1.54) is 43.5 Å². The summed E-state index contributed by atoms with van der Waals surface area (Å²) < 4.78 is 26.8. The molecule has 0 saturated heterocycles. The summed E-state index contributed by atoms with van der Waals surface area (Å²) in [4.78, 5) is 25.9. The molecule has 0 spiro atoms. The van der Waals surface area contributed by atoms with E-state index in [9.17, 15) is 18.0 Å². The van der Waals surface area contributed by atoms with Gasteiger partial charge in [-0.05, 0) is 37.3 Å². The lowest BCUT2D eigenvalue weighted by molar-refractivity contribution is -0.114. The summed E-state index contributed by atoms with van der Waals surface area (Å²) in [6.45, 7) is 3.09. The van der Waals surface area contributed by atoms with Gasteiger partial charge < -0.3 is 10.4 Å². The number of aromatic nitrogens is 1. The molecule has 1 aromatic carbocycles. The highest BCUT2D eigenvalue weighted by molar-refractivity contribution is 7.92. The van der Waals surface area contributed by atoms with Gasteiger partial charge in [0.05, 0.1) is 22.3 Å². The Labute approximate surface area is 145 Å². The van der Waals surface area contributed by atoms with Gasteiger partial charge in [-0.1, -0.05) is 0 Å². The number of rotatable bonds is 6. The molecular weight excluding hydrogens is 346 g/mol. The van der Waals surface area contributed by atoms with Crippen molar-refractivity contribution in [3.8, 4) is 0 Å². The lowest BCUT2D eigenvalue weighted by atomic mass is 10.2. The number of nitrogens with zero attached hydrogens (tertiary/aromatic N) is 2. The largest absolute Gasteiger partial charge is 0.478 e. The van der Waals surface area contributed by atoms with Crippen molar-refractivity contribution in [1.29, 1.82) is 0 Å². The summed E-state index contributed by atoms with van der Waals surface area (Å²) in [5.41, 5.74) is 0.532. The second-order valence-electron chi connectivity index (χ2n) is 5.11. The highest BCUT2D eigenvalue weighted by Crippen LogP contribution is 2.24. The molecule has 1 aromatic heterocycles. The minimum atomic E-state index is -3.90. The van der Waals surface area contributed by atoms with Crippen LogP contribution in [0.3, 0.4) is 0 Å². The van der Waals surface area contributed by atoms with Gasteiger partial charge in [0.1, 0.15) is 0 Å². The molecule has 8 nitrogen and oxygen atoms in total. The predicted molar refractivity (Wildman–Crippen MR) is 92.1 cm³/mol. The molecule has 0 aliphatic heterocycles.